The molecule has 0 bridgehead atoms. The van der Waals surface area contributed by atoms with E-state index >= 15 is 0 Å². The quantitative estimate of drug-likeness (QED) is 0.707. The van der Waals surface area contributed by atoms with Crippen LogP contribution in [0, 0.1) is 0 Å². The molecule has 96 valence electrons. The highest BCUT2D eigenvalue weighted by molar-refractivity contribution is 5.76. The van der Waals surface area contributed by atoms with E-state index in [1.54, 1.807) is 11.1 Å². The number of rotatable bonds is 7. The molecule has 6 nitrogen and oxygen atoms in total. The van der Waals surface area contributed by atoms with Crippen molar-refractivity contribution in [2.45, 2.75) is 26.3 Å². The first-order valence-corrected chi connectivity index (χ1v) is 5.84. The van der Waals surface area contributed by atoms with Crippen LogP contribution >= 0.6 is 0 Å². The largest absolute Gasteiger partial charge is 0.396 e. The summed E-state index contributed by atoms with van der Waals surface area (Å²) in [4.78, 5) is 13.6. The number of hydrogen-bond acceptors (Lipinski definition) is 4. The number of aliphatic hydroxyl groups excluding tert-OH is 1. The van der Waals surface area contributed by atoms with Crippen LogP contribution in [0.5, 0.6) is 0 Å². The molecule has 0 radical (unpaired) electrons. The van der Waals surface area contributed by atoms with Crippen molar-refractivity contribution in [3.63, 3.8) is 0 Å². The molecule has 17 heavy (non-hydrogen) atoms. The number of nitrogens with zero attached hydrogens (tertiary/aromatic N) is 3. The van der Waals surface area contributed by atoms with Gasteiger partial charge >= 0.3 is 0 Å². The molecule has 0 atom stereocenters. The van der Waals surface area contributed by atoms with Crippen LogP contribution in [0.1, 0.15) is 19.8 Å². The van der Waals surface area contributed by atoms with E-state index in [1.807, 2.05) is 0 Å². The summed E-state index contributed by atoms with van der Waals surface area (Å²) in [5, 5.41) is 12.9. The number of hydrogen-bond donors (Lipinski definition) is 2. The molecule has 6 heteroatoms. The van der Waals surface area contributed by atoms with Gasteiger partial charge in [0.05, 0.1) is 18.5 Å². The number of carbonyl (C=O) groups is 1. The van der Waals surface area contributed by atoms with Gasteiger partial charge in [-0.2, -0.15) is 5.10 Å². The summed E-state index contributed by atoms with van der Waals surface area (Å²) in [5.41, 5.74) is 6.06. The minimum atomic E-state index is -0.0457. The topological polar surface area (TPSA) is 84.4 Å². The van der Waals surface area contributed by atoms with Gasteiger partial charge in [0, 0.05) is 19.3 Å². The van der Waals surface area contributed by atoms with Gasteiger partial charge in [-0.25, -0.2) is 0 Å². The van der Waals surface area contributed by atoms with Crippen molar-refractivity contribution in [1.29, 1.82) is 0 Å². The van der Waals surface area contributed by atoms with Gasteiger partial charge in [0.1, 0.15) is 6.54 Å². The molecule has 3 N–H and O–H groups in total. The summed E-state index contributed by atoms with van der Waals surface area (Å²) in [6, 6.07) is 0. The summed E-state index contributed by atoms with van der Waals surface area (Å²) in [5.74, 6) is -0.0457. The molecule has 0 saturated heterocycles. The van der Waals surface area contributed by atoms with Gasteiger partial charge in [-0.1, -0.05) is 13.3 Å². The third kappa shape index (κ3) is 4.44. The minimum Gasteiger partial charge on any atom is -0.396 e. The Bertz CT molecular complexity index is 351. The van der Waals surface area contributed by atoms with Crippen molar-refractivity contribution in [3.8, 4) is 0 Å². The Balaban J connectivity index is 2.52. The van der Waals surface area contributed by atoms with Crippen LogP contribution in [0.15, 0.2) is 12.4 Å². The molecule has 1 aromatic rings. The summed E-state index contributed by atoms with van der Waals surface area (Å²) in [6.45, 7) is 3.26. The first kappa shape index (κ1) is 13.5. The lowest BCUT2D eigenvalue weighted by atomic mass is 10.3. The van der Waals surface area contributed by atoms with Crippen molar-refractivity contribution in [3.05, 3.63) is 12.4 Å². The van der Waals surface area contributed by atoms with Gasteiger partial charge in [-0.05, 0) is 6.42 Å². The lowest BCUT2D eigenvalue weighted by Crippen LogP contribution is -2.36. The summed E-state index contributed by atoms with van der Waals surface area (Å²) in [7, 11) is 0. The zero-order valence-corrected chi connectivity index (χ0v) is 10.2. The van der Waals surface area contributed by atoms with Gasteiger partial charge < -0.3 is 15.7 Å². The van der Waals surface area contributed by atoms with E-state index < -0.39 is 0 Å². The second kappa shape index (κ2) is 6.90. The maximum absolute atomic E-state index is 11.9. The SMILES string of the molecule is CCCCN(CCO)C(=O)Cn1cc(N)cn1. The number of aliphatic hydroxyl groups is 1. The van der Waals surface area contributed by atoms with Gasteiger partial charge in [0.25, 0.3) is 0 Å². The van der Waals surface area contributed by atoms with Crippen LogP contribution in [-0.2, 0) is 11.3 Å². The summed E-state index contributed by atoms with van der Waals surface area (Å²) < 4.78 is 1.51. The maximum Gasteiger partial charge on any atom is 0.244 e. The second-order valence-corrected chi connectivity index (χ2v) is 3.93. The summed E-state index contributed by atoms with van der Waals surface area (Å²) >= 11 is 0. The molecule has 0 saturated carbocycles. The first-order valence-electron chi connectivity index (χ1n) is 5.84. The van der Waals surface area contributed by atoms with E-state index in [4.69, 9.17) is 10.8 Å². The molecule has 0 aliphatic rings. The average molecular weight is 240 g/mol. The number of unbranched alkanes of at least 4 members (excludes halogenated alkanes) is 1. The monoisotopic (exact) mass is 240 g/mol. The predicted molar refractivity (Wildman–Crippen MR) is 65.2 cm³/mol. The molecule has 1 rings (SSSR count). The zero-order valence-electron chi connectivity index (χ0n) is 10.2. The molecule has 1 amide bonds. The van der Waals surface area contributed by atoms with Crippen molar-refractivity contribution in [2.75, 3.05) is 25.4 Å². The lowest BCUT2D eigenvalue weighted by molar-refractivity contribution is -0.132. The van der Waals surface area contributed by atoms with Crippen molar-refractivity contribution >= 4 is 11.6 Å². The normalized spacial score (nSPS) is 10.5. The van der Waals surface area contributed by atoms with Crippen LogP contribution in [0.3, 0.4) is 0 Å². The van der Waals surface area contributed by atoms with E-state index in [0.29, 0.717) is 18.8 Å². The van der Waals surface area contributed by atoms with E-state index in [1.165, 1.54) is 10.9 Å². The molecule has 0 spiro atoms. The Labute approximate surface area is 101 Å². The molecule has 1 aromatic heterocycles. The second-order valence-electron chi connectivity index (χ2n) is 3.93. The third-order valence-corrected chi connectivity index (χ3v) is 2.45. The fraction of sp³-hybridized carbons (Fsp3) is 0.636. The van der Waals surface area contributed by atoms with Gasteiger partial charge in [-0.15, -0.1) is 0 Å². The summed E-state index contributed by atoms with van der Waals surface area (Å²) in [6.07, 6.45) is 5.08. The number of anilines is 1. The Morgan fingerprint density at radius 3 is 2.88 bits per heavy atom. The van der Waals surface area contributed by atoms with Gasteiger partial charge in [0.15, 0.2) is 0 Å². The number of amides is 1. The average Bonchev–Trinajstić information content (AvgIpc) is 2.70. The van der Waals surface area contributed by atoms with Crippen molar-refractivity contribution in [1.82, 2.24) is 14.7 Å². The van der Waals surface area contributed by atoms with Gasteiger partial charge in [-0.3, -0.25) is 9.48 Å². The Kier molecular flexibility index (Phi) is 5.48. The molecule has 0 aliphatic heterocycles. The maximum atomic E-state index is 11.9. The van der Waals surface area contributed by atoms with Crippen LogP contribution in [-0.4, -0.2) is 45.4 Å². The smallest absolute Gasteiger partial charge is 0.244 e. The Hall–Kier alpha value is -1.56. The molecule has 0 unspecified atom stereocenters. The third-order valence-electron chi connectivity index (χ3n) is 2.45. The van der Waals surface area contributed by atoms with Crippen molar-refractivity contribution in [2.24, 2.45) is 0 Å². The molecule has 0 aliphatic carbocycles. The molecule has 1 heterocycles. The van der Waals surface area contributed by atoms with E-state index in [2.05, 4.69) is 12.0 Å². The molecule has 0 aromatic carbocycles. The van der Waals surface area contributed by atoms with E-state index in [-0.39, 0.29) is 19.1 Å². The Morgan fingerprint density at radius 2 is 2.35 bits per heavy atom. The predicted octanol–water partition coefficient (Wildman–Crippen LogP) is 0.0863. The van der Waals surface area contributed by atoms with Crippen LogP contribution in [0.2, 0.25) is 0 Å². The van der Waals surface area contributed by atoms with Gasteiger partial charge in [0.2, 0.25) is 5.91 Å². The lowest BCUT2D eigenvalue weighted by Gasteiger charge is -2.21. The van der Waals surface area contributed by atoms with Crippen LogP contribution in [0.25, 0.3) is 0 Å². The number of aromatic nitrogens is 2. The highest BCUT2D eigenvalue weighted by Crippen LogP contribution is 2.01. The molecule has 0 fully saturated rings. The molecular weight excluding hydrogens is 220 g/mol. The van der Waals surface area contributed by atoms with E-state index in [0.717, 1.165) is 12.8 Å². The fourth-order valence-corrected chi connectivity index (χ4v) is 1.54. The highest BCUT2D eigenvalue weighted by atomic mass is 16.3. The minimum absolute atomic E-state index is 0.0172. The standard InChI is InChI=1S/C11H20N4O2/c1-2-3-4-14(5-6-16)11(17)9-15-8-10(12)7-13-15/h7-8,16H,2-6,9,12H2,1H3. The number of carbonyl (C=O) groups excluding carboxylic acids is 1. The van der Waals surface area contributed by atoms with Crippen LogP contribution in [0.4, 0.5) is 5.69 Å². The Morgan fingerprint density at radius 1 is 1.59 bits per heavy atom. The fourth-order valence-electron chi connectivity index (χ4n) is 1.54. The van der Waals surface area contributed by atoms with Crippen molar-refractivity contribution < 1.29 is 9.90 Å². The highest BCUT2D eigenvalue weighted by Gasteiger charge is 2.13. The molecular formula is C11H20N4O2. The van der Waals surface area contributed by atoms with Crippen LogP contribution < -0.4 is 5.73 Å². The zero-order chi connectivity index (χ0) is 12.7. The van der Waals surface area contributed by atoms with E-state index in [9.17, 15) is 4.79 Å². The number of nitrogens with two attached hydrogens (primary N) is 1. The first-order chi connectivity index (χ1) is 8.17. The number of nitrogen functional groups attached to an aromatic ring is 1.